The highest BCUT2D eigenvalue weighted by atomic mass is 35.5. The first-order valence-corrected chi connectivity index (χ1v) is 7.44. The zero-order valence-electron chi connectivity index (χ0n) is 11.2. The molecule has 0 fully saturated rings. The molecule has 0 saturated carbocycles. The predicted molar refractivity (Wildman–Crippen MR) is 87.0 cm³/mol. The number of rotatable bonds is 7. The average Bonchev–Trinajstić information content (AvgIpc) is 2.44. The summed E-state index contributed by atoms with van der Waals surface area (Å²) in [7, 11) is 0. The third-order valence-electron chi connectivity index (χ3n) is 2.53. The minimum atomic E-state index is 0.549. The van der Waals surface area contributed by atoms with Gasteiger partial charge >= 0.3 is 0 Å². The third kappa shape index (κ3) is 6.55. The van der Waals surface area contributed by atoms with Gasteiger partial charge in [0.2, 0.25) is 0 Å². The fourth-order valence-electron chi connectivity index (χ4n) is 1.60. The van der Waals surface area contributed by atoms with Crippen molar-refractivity contribution >= 4 is 34.6 Å². The Kier molecular flexibility index (Phi) is 8.18. The van der Waals surface area contributed by atoms with Gasteiger partial charge in [0.15, 0.2) is 5.11 Å². The van der Waals surface area contributed by atoms with E-state index in [1.54, 1.807) is 0 Å². The Morgan fingerprint density at radius 3 is 2.63 bits per heavy atom. The Hall–Kier alpha value is -1.13. The number of alkyl halides is 1. The fraction of sp³-hybridized carbons (Fsp3) is 0.429. The Labute approximate surface area is 125 Å². The molecule has 0 spiro atoms. The molecule has 0 aromatic heterocycles. The molecule has 5 heteroatoms. The molecule has 2 N–H and O–H groups in total. The summed E-state index contributed by atoms with van der Waals surface area (Å²) in [4.78, 5) is 0. The van der Waals surface area contributed by atoms with Crippen LogP contribution in [-0.4, -0.2) is 23.2 Å². The summed E-state index contributed by atoms with van der Waals surface area (Å²) in [5.41, 5.74) is 5.00. The highest BCUT2D eigenvalue weighted by Gasteiger charge is 2.03. The molecule has 0 aliphatic carbocycles. The third-order valence-corrected chi connectivity index (χ3v) is 3.04. The summed E-state index contributed by atoms with van der Waals surface area (Å²) in [6.07, 6.45) is 2.90. The number of nitrogens with one attached hydrogen (secondary N) is 2. The van der Waals surface area contributed by atoms with E-state index in [2.05, 4.69) is 28.0 Å². The number of hydrazone groups is 1. The van der Waals surface area contributed by atoms with Crippen molar-refractivity contribution in [3.63, 3.8) is 0 Å². The lowest BCUT2D eigenvalue weighted by Gasteiger charge is -2.09. The zero-order chi connectivity index (χ0) is 13.9. The number of halogens is 1. The van der Waals surface area contributed by atoms with Gasteiger partial charge in [0, 0.05) is 12.4 Å². The number of unbranched alkanes of at least 4 members (excludes halogenated alkanes) is 1. The van der Waals surface area contributed by atoms with Crippen LogP contribution in [0.25, 0.3) is 0 Å². The van der Waals surface area contributed by atoms with Crippen LogP contribution in [0.15, 0.2) is 35.4 Å². The van der Waals surface area contributed by atoms with Gasteiger partial charge in [-0.05, 0) is 44.0 Å². The summed E-state index contributed by atoms with van der Waals surface area (Å²) >= 11 is 10.8. The number of hydrogen-bond acceptors (Lipinski definition) is 2. The molecule has 0 aliphatic rings. The lowest BCUT2D eigenvalue weighted by atomic mass is 10.1. The van der Waals surface area contributed by atoms with Crippen molar-refractivity contribution in [2.75, 3.05) is 12.4 Å². The lowest BCUT2D eigenvalue weighted by Crippen LogP contribution is -2.32. The van der Waals surface area contributed by atoms with Gasteiger partial charge in [-0.15, -0.1) is 11.6 Å². The molecule has 0 unspecified atom stereocenters. The molecule has 104 valence electrons. The normalized spacial score (nSPS) is 11.2. The van der Waals surface area contributed by atoms with E-state index in [9.17, 15) is 0 Å². The maximum Gasteiger partial charge on any atom is 0.186 e. The first-order valence-electron chi connectivity index (χ1n) is 6.49. The van der Waals surface area contributed by atoms with E-state index in [1.165, 1.54) is 0 Å². The number of nitrogens with zero attached hydrogens (tertiary/aromatic N) is 1. The average molecular weight is 298 g/mol. The second-order valence-electron chi connectivity index (χ2n) is 4.04. The SMILES string of the molecule is CCNC(=S)N/N=C(\CCCCCl)c1ccccc1. The number of hydrogen-bond donors (Lipinski definition) is 2. The second-order valence-corrected chi connectivity index (χ2v) is 4.83. The van der Waals surface area contributed by atoms with Gasteiger partial charge in [-0.3, -0.25) is 5.43 Å². The molecule has 3 nitrogen and oxygen atoms in total. The topological polar surface area (TPSA) is 36.4 Å². The van der Waals surface area contributed by atoms with Gasteiger partial charge < -0.3 is 5.32 Å². The van der Waals surface area contributed by atoms with Gasteiger partial charge in [0.1, 0.15) is 0 Å². The molecule has 19 heavy (non-hydrogen) atoms. The van der Waals surface area contributed by atoms with Crippen molar-refractivity contribution in [2.45, 2.75) is 26.2 Å². The highest BCUT2D eigenvalue weighted by molar-refractivity contribution is 7.80. The lowest BCUT2D eigenvalue weighted by molar-refractivity contribution is 0.829. The molecule has 0 amide bonds. The fourth-order valence-corrected chi connectivity index (χ4v) is 1.98. The second kappa shape index (κ2) is 9.75. The van der Waals surface area contributed by atoms with Crippen LogP contribution in [0.4, 0.5) is 0 Å². The first kappa shape index (κ1) is 15.9. The maximum absolute atomic E-state index is 5.71. The van der Waals surface area contributed by atoms with Gasteiger partial charge in [-0.2, -0.15) is 5.10 Å². The Bertz CT molecular complexity index is 406. The van der Waals surface area contributed by atoms with Gasteiger partial charge in [-0.25, -0.2) is 0 Å². The van der Waals surface area contributed by atoms with Crippen LogP contribution in [0.3, 0.4) is 0 Å². The van der Waals surface area contributed by atoms with Crippen molar-refractivity contribution in [2.24, 2.45) is 5.10 Å². The van der Waals surface area contributed by atoms with E-state index in [0.717, 1.165) is 37.1 Å². The standard InChI is InChI=1S/C14H20ClN3S/c1-2-16-14(19)18-17-13(10-6-7-11-15)12-8-4-3-5-9-12/h3-5,8-9H,2,6-7,10-11H2,1H3,(H2,16,18,19)/b17-13+. The zero-order valence-corrected chi connectivity index (χ0v) is 12.7. The molecule has 0 atom stereocenters. The van der Waals surface area contributed by atoms with Crippen molar-refractivity contribution < 1.29 is 0 Å². The minimum absolute atomic E-state index is 0.549. The van der Waals surface area contributed by atoms with Crippen molar-refractivity contribution in [3.8, 4) is 0 Å². The monoisotopic (exact) mass is 297 g/mol. The highest BCUT2D eigenvalue weighted by Crippen LogP contribution is 2.08. The van der Waals surface area contributed by atoms with Crippen LogP contribution in [0.1, 0.15) is 31.7 Å². The van der Waals surface area contributed by atoms with Gasteiger partial charge in [-0.1, -0.05) is 30.3 Å². The van der Waals surface area contributed by atoms with E-state index in [1.807, 2.05) is 25.1 Å². The van der Waals surface area contributed by atoms with Crippen molar-refractivity contribution in [1.82, 2.24) is 10.7 Å². The van der Waals surface area contributed by atoms with Gasteiger partial charge in [0.25, 0.3) is 0 Å². The summed E-state index contributed by atoms with van der Waals surface area (Å²) < 4.78 is 0. The van der Waals surface area contributed by atoms with Crippen molar-refractivity contribution in [3.05, 3.63) is 35.9 Å². The largest absolute Gasteiger partial charge is 0.362 e. The smallest absolute Gasteiger partial charge is 0.186 e. The Morgan fingerprint density at radius 1 is 1.26 bits per heavy atom. The number of benzene rings is 1. The molecule has 1 aromatic rings. The van der Waals surface area contributed by atoms with Crippen LogP contribution >= 0.6 is 23.8 Å². The van der Waals surface area contributed by atoms with Gasteiger partial charge in [0.05, 0.1) is 5.71 Å². The maximum atomic E-state index is 5.71. The first-order chi connectivity index (χ1) is 9.27. The number of thiocarbonyl (C=S) groups is 1. The van der Waals surface area contributed by atoms with Crippen LogP contribution in [0.5, 0.6) is 0 Å². The summed E-state index contributed by atoms with van der Waals surface area (Å²) in [6, 6.07) is 10.1. The van der Waals surface area contributed by atoms with Crippen molar-refractivity contribution in [1.29, 1.82) is 0 Å². The van der Waals surface area contributed by atoms with Crippen LogP contribution in [0.2, 0.25) is 0 Å². The molecule has 0 heterocycles. The van der Waals surface area contributed by atoms with Crippen LogP contribution in [0, 0.1) is 0 Å². The minimum Gasteiger partial charge on any atom is -0.362 e. The molecule has 0 aliphatic heterocycles. The van der Waals surface area contributed by atoms with E-state index < -0.39 is 0 Å². The molecular weight excluding hydrogens is 278 g/mol. The summed E-state index contributed by atoms with van der Waals surface area (Å²) in [5.74, 6) is 0.686. The molecular formula is C14H20ClN3S. The summed E-state index contributed by atoms with van der Waals surface area (Å²) in [6.45, 7) is 2.78. The van der Waals surface area contributed by atoms with E-state index in [0.29, 0.717) is 11.0 Å². The Balaban J connectivity index is 2.69. The van der Waals surface area contributed by atoms with Crippen LogP contribution < -0.4 is 10.7 Å². The van der Waals surface area contributed by atoms with E-state index in [-0.39, 0.29) is 0 Å². The molecule has 1 rings (SSSR count). The molecule has 0 bridgehead atoms. The molecule has 1 aromatic carbocycles. The summed E-state index contributed by atoms with van der Waals surface area (Å²) in [5, 5.41) is 7.97. The van der Waals surface area contributed by atoms with E-state index >= 15 is 0 Å². The Morgan fingerprint density at radius 2 is 2.00 bits per heavy atom. The predicted octanol–water partition coefficient (Wildman–Crippen LogP) is 3.28. The molecule has 0 saturated heterocycles. The molecule has 0 radical (unpaired) electrons. The quantitative estimate of drug-likeness (QED) is 0.267. The van der Waals surface area contributed by atoms with E-state index in [4.69, 9.17) is 23.8 Å². The van der Waals surface area contributed by atoms with Crippen LogP contribution in [-0.2, 0) is 0 Å².